The third kappa shape index (κ3) is 4.35. The van der Waals surface area contributed by atoms with Crippen LogP contribution in [-0.2, 0) is 0 Å². The number of aromatic nitrogens is 3. The third-order valence-electron chi connectivity index (χ3n) is 3.07. The number of nitrogens with zero attached hydrogens (tertiary/aromatic N) is 2. The van der Waals surface area contributed by atoms with Crippen molar-refractivity contribution in [3.05, 3.63) is 41.2 Å². The van der Waals surface area contributed by atoms with Gasteiger partial charge in [-0.05, 0) is 32.4 Å². The number of rotatable bonds is 7. The molecule has 1 unspecified atom stereocenters. The fraction of sp³-hybridized carbons (Fsp3) is 0.467. The van der Waals surface area contributed by atoms with E-state index >= 15 is 0 Å². The summed E-state index contributed by atoms with van der Waals surface area (Å²) in [5.41, 5.74) is 3.98. The van der Waals surface area contributed by atoms with Gasteiger partial charge in [-0.1, -0.05) is 48.0 Å². The molecule has 1 aromatic carbocycles. The molecular weight excluding hydrogens is 268 g/mol. The van der Waals surface area contributed by atoms with Crippen molar-refractivity contribution in [2.45, 2.75) is 38.4 Å². The van der Waals surface area contributed by atoms with E-state index in [1.54, 1.807) is 18.1 Å². The average Bonchev–Trinajstić information content (AvgIpc) is 2.91. The summed E-state index contributed by atoms with van der Waals surface area (Å²) in [6, 6.07) is 7.08. The summed E-state index contributed by atoms with van der Waals surface area (Å²) < 4.78 is 0. The van der Waals surface area contributed by atoms with E-state index in [2.05, 4.69) is 59.5 Å². The zero-order valence-electron chi connectivity index (χ0n) is 12.3. The van der Waals surface area contributed by atoms with Crippen LogP contribution < -0.4 is 5.32 Å². The molecule has 108 valence electrons. The number of benzene rings is 1. The molecule has 0 spiro atoms. The smallest absolute Gasteiger partial charge is 0.183 e. The third-order valence-corrected chi connectivity index (χ3v) is 4.04. The zero-order valence-corrected chi connectivity index (χ0v) is 13.1. The molecule has 0 aliphatic carbocycles. The van der Waals surface area contributed by atoms with Crippen LogP contribution in [0.2, 0.25) is 0 Å². The lowest BCUT2D eigenvalue weighted by Gasteiger charge is -2.19. The van der Waals surface area contributed by atoms with Crippen LogP contribution in [0.15, 0.2) is 29.7 Å². The molecule has 0 radical (unpaired) electrons. The molecule has 0 saturated carbocycles. The minimum absolute atomic E-state index is 0.337. The Labute approximate surface area is 124 Å². The molecule has 0 bridgehead atoms. The molecule has 5 heteroatoms. The van der Waals surface area contributed by atoms with E-state index in [4.69, 9.17) is 0 Å². The van der Waals surface area contributed by atoms with Gasteiger partial charge in [0.2, 0.25) is 0 Å². The van der Waals surface area contributed by atoms with Gasteiger partial charge in [-0.2, -0.15) is 5.10 Å². The summed E-state index contributed by atoms with van der Waals surface area (Å²) in [4.78, 5) is 4.17. The summed E-state index contributed by atoms with van der Waals surface area (Å²) in [5.74, 6) is 0.943. The summed E-state index contributed by atoms with van der Waals surface area (Å²) in [6.07, 6.45) is 2.68. The number of H-pyrrole nitrogens is 1. The lowest BCUT2D eigenvalue weighted by Crippen LogP contribution is -2.24. The van der Waals surface area contributed by atoms with Crippen LogP contribution in [0.1, 0.15) is 36.1 Å². The van der Waals surface area contributed by atoms with Gasteiger partial charge in [-0.15, -0.1) is 0 Å². The minimum Gasteiger partial charge on any atom is -0.309 e. The molecule has 1 aromatic heterocycles. The van der Waals surface area contributed by atoms with Gasteiger partial charge in [0, 0.05) is 11.8 Å². The lowest BCUT2D eigenvalue weighted by atomic mass is 10.0. The van der Waals surface area contributed by atoms with Gasteiger partial charge in [-0.25, -0.2) is 4.98 Å². The van der Waals surface area contributed by atoms with Crippen molar-refractivity contribution in [3.8, 4) is 0 Å². The largest absolute Gasteiger partial charge is 0.309 e. The zero-order chi connectivity index (χ0) is 14.4. The van der Waals surface area contributed by atoms with Crippen LogP contribution in [0, 0.1) is 13.8 Å². The second-order valence-corrected chi connectivity index (χ2v) is 6.04. The Morgan fingerprint density at radius 1 is 1.25 bits per heavy atom. The van der Waals surface area contributed by atoms with Gasteiger partial charge in [-0.3, -0.25) is 5.10 Å². The molecule has 0 aliphatic heterocycles. The summed E-state index contributed by atoms with van der Waals surface area (Å²) >= 11 is 1.70. The van der Waals surface area contributed by atoms with Gasteiger partial charge in [0.1, 0.15) is 6.33 Å². The first-order valence-corrected chi connectivity index (χ1v) is 7.97. The highest BCUT2D eigenvalue weighted by Gasteiger charge is 2.13. The highest BCUT2D eigenvalue weighted by molar-refractivity contribution is 7.99. The molecule has 4 nitrogen and oxygen atoms in total. The van der Waals surface area contributed by atoms with Gasteiger partial charge >= 0.3 is 0 Å². The van der Waals surface area contributed by atoms with Gasteiger partial charge < -0.3 is 5.32 Å². The number of aromatic amines is 1. The van der Waals surface area contributed by atoms with Crippen LogP contribution in [0.25, 0.3) is 0 Å². The van der Waals surface area contributed by atoms with E-state index < -0.39 is 0 Å². The van der Waals surface area contributed by atoms with Crippen molar-refractivity contribution in [2.75, 3.05) is 12.3 Å². The standard InChI is InChI=1S/C15H22N4S/c1-4-5-16-14(9-20-15-17-10-18-19-15)13-7-11(2)6-12(3)8-13/h6-8,10,14,16H,4-5,9H2,1-3H3,(H,17,18,19). The van der Waals surface area contributed by atoms with E-state index in [-0.39, 0.29) is 0 Å². The van der Waals surface area contributed by atoms with Crippen molar-refractivity contribution >= 4 is 11.8 Å². The Morgan fingerprint density at radius 3 is 2.60 bits per heavy atom. The molecule has 1 atom stereocenters. The topological polar surface area (TPSA) is 53.6 Å². The molecule has 2 N–H and O–H groups in total. The highest BCUT2D eigenvalue weighted by Crippen LogP contribution is 2.23. The Bertz CT molecular complexity index is 504. The van der Waals surface area contributed by atoms with Crippen LogP contribution in [0.5, 0.6) is 0 Å². The Kier molecular flexibility index (Phi) is 5.61. The maximum Gasteiger partial charge on any atom is 0.183 e. The van der Waals surface area contributed by atoms with Crippen molar-refractivity contribution in [1.82, 2.24) is 20.5 Å². The Balaban J connectivity index is 2.09. The molecule has 0 amide bonds. The average molecular weight is 290 g/mol. The molecule has 0 fully saturated rings. The molecule has 1 heterocycles. The number of thioether (sulfide) groups is 1. The van der Waals surface area contributed by atoms with Crippen molar-refractivity contribution in [3.63, 3.8) is 0 Å². The monoisotopic (exact) mass is 290 g/mol. The Hall–Kier alpha value is -1.33. The maximum atomic E-state index is 4.17. The number of nitrogens with one attached hydrogen (secondary N) is 2. The van der Waals surface area contributed by atoms with E-state index in [0.29, 0.717) is 6.04 Å². The molecule has 0 saturated heterocycles. The quantitative estimate of drug-likeness (QED) is 0.769. The van der Waals surface area contributed by atoms with Crippen LogP contribution in [0.4, 0.5) is 0 Å². The van der Waals surface area contributed by atoms with E-state index in [9.17, 15) is 0 Å². The van der Waals surface area contributed by atoms with Crippen molar-refractivity contribution in [2.24, 2.45) is 0 Å². The second-order valence-electron chi connectivity index (χ2n) is 5.03. The predicted octanol–water partition coefficient (Wildman–Crippen LogP) is 3.25. The van der Waals surface area contributed by atoms with Crippen molar-refractivity contribution < 1.29 is 0 Å². The maximum absolute atomic E-state index is 4.17. The molecular formula is C15H22N4S. The van der Waals surface area contributed by atoms with Crippen LogP contribution >= 0.6 is 11.8 Å². The molecule has 0 aliphatic rings. The number of hydrogen-bond donors (Lipinski definition) is 2. The highest BCUT2D eigenvalue weighted by atomic mass is 32.2. The fourth-order valence-electron chi connectivity index (χ4n) is 2.23. The first-order chi connectivity index (χ1) is 9.69. The van der Waals surface area contributed by atoms with E-state index in [1.165, 1.54) is 16.7 Å². The van der Waals surface area contributed by atoms with E-state index in [0.717, 1.165) is 23.9 Å². The Morgan fingerprint density at radius 2 is 2.00 bits per heavy atom. The lowest BCUT2D eigenvalue weighted by molar-refractivity contribution is 0.576. The summed E-state index contributed by atoms with van der Waals surface area (Å²) in [7, 11) is 0. The molecule has 2 rings (SSSR count). The normalized spacial score (nSPS) is 12.6. The second kappa shape index (κ2) is 7.45. The predicted molar refractivity (Wildman–Crippen MR) is 84.1 cm³/mol. The summed E-state index contributed by atoms with van der Waals surface area (Å²) in [5, 5.41) is 11.3. The minimum atomic E-state index is 0.337. The van der Waals surface area contributed by atoms with Crippen molar-refractivity contribution in [1.29, 1.82) is 0 Å². The van der Waals surface area contributed by atoms with Crippen LogP contribution in [0.3, 0.4) is 0 Å². The van der Waals surface area contributed by atoms with Gasteiger partial charge in [0.15, 0.2) is 5.16 Å². The fourth-order valence-corrected chi connectivity index (χ4v) is 3.10. The first-order valence-electron chi connectivity index (χ1n) is 6.98. The first kappa shape index (κ1) is 15.1. The van der Waals surface area contributed by atoms with Crippen LogP contribution in [-0.4, -0.2) is 27.5 Å². The number of hydrogen-bond acceptors (Lipinski definition) is 4. The summed E-state index contributed by atoms with van der Waals surface area (Å²) in [6.45, 7) is 7.51. The SMILES string of the molecule is CCCNC(CSc1ncn[nH]1)c1cc(C)cc(C)c1. The van der Waals surface area contributed by atoms with Gasteiger partial charge in [0.05, 0.1) is 0 Å². The molecule has 2 aromatic rings. The van der Waals surface area contributed by atoms with Gasteiger partial charge in [0.25, 0.3) is 0 Å². The van der Waals surface area contributed by atoms with E-state index in [1.807, 2.05) is 0 Å². The number of aryl methyl sites for hydroxylation is 2. The molecule has 20 heavy (non-hydrogen) atoms.